The Bertz CT molecular complexity index is 317. The molecule has 15 heavy (non-hydrogen) atoms. The van der Waals surface area contributed by atoms with Crippen molar-refractivity contribution in [3.8, 4) is 0 Å². The lowest BCUT2D eigenvalue weighted by Gasteiger charge is -1.92. The summed E-state index contributed by atoms with van der Waals surface area (Å²) in [5, 5.41) is 0. The zero-order valence-electron chi connectivity index (χ0n) is 7.33. The van der Waals surface area contributed by atoms with E-state index in [9.17, 15) is 9.13 Å². The third kappa shape index (κ3) is 6.12. The van der Waals surface area contributed by atoms with Crippen LogP contribution in [0.5, 0.6) is 0 Å². The highest BCUT2D eigenvalue weighted by Gasteiger charge is 2.14. The quantitative estimate of drug-likeness (QED) is 0.626. The van der Waals surface area contributed by atoms with Crippen LogP contribution in [0.15, 0.2) is 24.3 Å². The van der Waals surface area contributed by atoms with E-state index < -0.39 is 16.1 Å². The molecule has 0 bridgehead atoms. The van der Waals surface area contributed by atoms with E-state index in [4.69, 9.17) is 9.79 Å². The first-order valence-electron chi connectivity index (χ1n) is 3.93. The molecule has 2 unspecified atom stereocenters. The van der Waals surface area contributed by atoms with Gasteiger partial charge in [-0.3, -0.25) is 0 Å². The summed E-state index contributed by atoms with van der Waals surface area (Å²) < 4.78 is 21.0. The minimum atomic E-state index is -2.16. The molecule has 2 atom stereocenters. The molecule has 1 aromatic rings. The normalized spacial score (nSPS) is 11.6. The van der Waals surface area contributed by atoms with Gasteiger partial charge in [0.25, 0.3) is 0 Å². The maximum Gasteiger partial charge on any atom is 0.510 e. The first-order chi connectivity index (χ1) is 6.58. The van der Waals surface area contributed by atoms with Crippen LogP contribution in [0.25, 0.3) is 0 Å². The van der Waals surface area contributed by atoms with Crippen LogP contribution in [0, 0.1) is 0 Å². The summed E-state index contributed by atoms with van der Waals surface area (Å²) in [5.74, 6) is 0. The van der Waals surface area contributed by atoms with Crippen molar-refractivity contribution in [1.29, 1.82) is 0 Å². The largest absolute Gasteiger partial charge is 0.510 e. The standard InChI is InChI=1S/C8H8O4P2.Al.3H/c9-13(10)5-7-1-2-8(4-3-7)6-14(11)12;;;;/h1-4H,5-6H2;;;;/p+2. The van der Waals surface area contributed by atoms with E-state index in [1.807, 2.05) is 0 Å². The van der Waals surface area contributed by atoms with Crippen molar-refractivity contribution in [2.24, 2.45) is 0 Å². The fourth-order valence-corrected chi connectivity index (χ4v) is 2.11. The molecule has 0 amide bonds. The number of benzene rings is 1. The van der Waals surface area contributed by atoms with Gasteiger partial charge < -0.3 is 0 Å². The van der Waals surface area contributed by atoms with Crippen molar-refractivity contribution in [3.05, 3.63) is 35.4 Å². The van der Waals surface area contributed by atoms with E-state index >= 15 is 0 Å². The predicted molar refractivity (Wildman–Crippen MR) is 63.4 cm³/mol. The molecule has 0 aliphatic carbocycles. The first-order valence-corrected chi connectivity index (χ1v) is 6.72. The van der Waals surface area contributed by atoms with E-state index in [1.54, 1.807) is 24.3 Å². The lowest BCUT2D eigenvalue weighted by atomic mass is 10.2. The van der Waals surface area contributed by atoms with Crippen molar-refractivity contribution >= 4 is 33.4 Å². The Morgan fingerprint density at radius 2 is 1.13 bits per heavy atom. The van der Waals surface area contributed by atoms with E-state index in [1.165, 1.54) is 0 Å². The van der Waals surface area contributed by atoms with Crippen molar-refractivity contribution in [3.63, 3.8) is 0 Å². The van der Waals surface area contributed by atoms with Crippen molar-refractivity contribution in [2.45, 2.75) is 12.3 Å². The zero-order chi connectivity index (χ0) is 10.6. The van der Waals surface area contributed by atoms with Crippen LogP contribution in [-0.4, -0.2) is 27.1 Å². The lowest BCUT2D eigenvalue weighted by molar-refractivity contribution is 0.500. The van der Waals surface area contributed by atoms with Crippen LogP contribution in [0.1, 0.15) is 11.1 Å². The SMILES string of the molecule is O=[P+](O)Cc1ccc(C[P+](=O)O)cc1.[AlH3]. The molecule has 4 nitrogen and oxygen atoms in total. The minimum Gasteiger partial charge on any atom is -0.160 e. The average molecular weight is 262 g/mol. The number of hydrogen-bond acceptors (Lipinski definition) is 2. The molecule has 0 aromatic heterocycles. The van der Waals surface area contributed by atoms with Crippen LogP contribution in [0.2, 0.25) is 0 Å². The molecular formula is C8H13AlO4P2+2. The Morgan fingerprint density at radius 3 is 1.33 bits per heavy atom. The van der Waals surface area contributed by atoms with Gasteiger partial charge in [0.15, 0.2) is 17.4 Å². The van der Waals surface area contributed by atoms with Gasteiger partial charge in [0.1, 0.15) is 0 Å². The van der Waals surface area contributed by atoms with Gasteiger partial charge in [-0.1, -0.05) is 24.3 Å². The molecule has 0 saturated heterocycles. The molecule has 0 aliphatic heterocycles. The highest BCUT2D eigenvalue weighted by molar-refractivity contribution is 7.37. The minimum absolute atomic E-state index is 0. The van der Waals surface area contributed by atoms with E-state index in [-0.39, 0.29) is 29.7 Å². The molecule has 1 aromatic carbocycles. The second kappa shape index (κ2) is 7.20. The summed E-state index contributed by atoms with van der Waals surface area (Å²) in [6, 6.07) is 6.77. The molecule has 0 heterocycles. The number of rotatable bonds is 4. The van der Waals surface area contributed by atoms with Crippen LogP contribution < -0.4 is 0 Å². The summed E-state index contributed by atoms with van der Waals surface area (Å²) >= 11 is 0. The van der Waals surface area contributed by atoms with Gasteiger partial charge in [-0.05, 0) is 9.13 Å². The molecule has 7 heteroatoms. The fraction of sp³-hybridized carbons (Fsp3) is 0.250. The molecule has 80 valence electrons. The first kappa shape index (κ1) is 14.9. The summed E-state index contributed by atoms with van der Waals surface area (Å²) in [6.45, 7) is 0. The molecular weight excluding hydrogens is 249 g/mol. The summed E-state index contributed by atoms with van der Waals surface area (Å²) in [7, 11) is -4.32. The molecule has 0 radical (unpaired) electrons. The third-order valence-corrected chi connectivity index (χ3v) is 2.93. The highest BCUT2D eigenvalue weighted by Crippen LogP contribution is 2.24. The Labute approximate surface area is 100 Å². The summed E-state index contributed by atoms with van der Waals surface area (Å²) in [6.07, 6.45) is 0.252. The van der Waals surface area contributed by atoms with Crippen LogP contribution in [0.3, 0.4) is 0 Å². The maximum atomic E-state index is 10.5. The van der Waals surface area contributed by atoms with Crippen LogP contribution >= 0.6 is 16.1 Å². The van der Waals surface area contributed by atoms with Gasteiger partial charge >= 0.3 is 16.1 Å². The van der Waals surface area contributed by atoms with Crippen molar-refractivity contribution < 1.29 is 18.9 Å². The van der Waals surface area contributed by atoms with Crippen molar-refractivity contribution in [2.75, 3.05) is 0 Å². The monoisotopic (exact) mass is 262 g/mol. The molecule has 1 rings (SSSR count). The van der Waals surface area contributed by atoms with Gasteiger partial charge in [-0.25, -0.2) is 0 Å². The average Bonchev–Trinajstić information content (AvgIpc) is 2.06. The summed E-state index contributed by atoms with van der Waals surface area (Å²) in [5.41, 5.74) is 1.51. The van der Waals surface area contributed by atoms with Gasteiger partial charge in [0, 0.05) is 11.1 Å². The highest BCUT2D eigenvalue weighted by atomic mass is 31.1. The van der Waals surface area contributed by atoms with Crippen LogP contribution in [0.4, 0.5) is 0 Å². The molecule has 0 fully saturated rings. The Balaban J connectivity index is 0.00000196. The smallest absolute Gasteiger partial charge is 0.160 e. The Morgan fingerprint density at radius 1 is 0.867 bits per heavy atom. The second-order valence-corrected chi connectivity index (χ2v) is 4.88. The predicted octanol–water partition coefficient (Wildman–Crippen LogP) is 0.972. The van der Waals surface area contributed by atoms with Gasteiger partial charge in [-0.2, -0.15) is 9.79 Å². The van der Waals surface area contributed by atoms with E-state index in [0.29, 0.717) is 0 Å². The number of hydrogen-bond donors (Lipinski definition) is 2. The Hall–Kier alpha value is -0.128. The molecule has 0 aliphatic rings. The zero-order valence-corrected chi connectivity index (χ0v) is 9.12. The Kier molecular flexibility index (Phi) is 7.14. The van der Waals surface area contributed by atoms with Crippen LogP contribution in [-0.2, 0) is 21.5 Å². The third-order valence-electron chi connectivity index (χ3n) is 1.66. The second-order valence-electron chi connectivity index (χ2n) is 2.84. The summed E-state index contributed by atoms with van der Waals surface area (Å²) in [4.78, 5) is 17.3. The molecule has 2 N–H and O–H groups in total. The lowest BCUT2D eigenvalue weighted by Crippen LogP contribution is -1.83. The maximum absolute atomic E-state index is 10.5. The van der Waals surface area contributed by atoms with Gasteiger partial charge in [0.2, 0.25) is 12.3 Å². The van der Waals surface area contributed by atoms with E-state index in [2.05, 4.69) is 0 Å². The van der Waals surface area contributed by atoms with E-state index in [0.717, 1.165) is 11.1 Å². The van der Waals surface area contributed by atoms with Gasteiger partial charge in [0.05, 0.1) is 0 Å². The topological polar surface area (TPSA) is 74.6 Å². The van der Waals surface area contributed by atoms with Crippen molar-refractivity contribution in [1.82, 2.24) is 0 Å². The molecule has 0 saturated carbocycles. The fourth-order valence-electron chi connectivity index (χ4n) is 1.06. The molecule has 0 spiro atoms. The van der Waals surface area contributed by atoms with Gasteiger partial charge in [-0.15, -0.1) is 0 Å².